The van der Waals surface area contributed by atoms with E-state index in [1.165, 1.54) is 0 Å². The summed E-state index contributed by atoms with van der Waals surface area (Å²) in [5.41, 5.74) is 1.08. The zero-order valence-electron chi connectivity index (χ0n) is 14.8. The number of ether oxygens (including phenoxy) is 2. The second-order valence-electron chi connectivity index (χ2n) is 5.37. The van der Waals surface area contributed by atoms with Crippen LogP contribution in [0.5, 0.6) is 5.75 Å². The molecule has 6 nitrogen and oxygen atoms in total. The third-order valence-corrected chi connectivity index (χ3v) is 3.12. The fraction of sp³-hybridized carbons (Fsp3) is 0.588. The van der Waals surface area contributed by atoms with E-state index in [0.717, 1.165) is 36.9 Å². The van der Waals surface area contributed by atoms with Crippen molar-refractivity contribution in [3.8, 4) is 5.75 Å². The molecule has 0 atom stereocenters. The summed E-state index contributed by atoms with van der Waals surface area (Å²) in [5, 5.41) is 6.46. The van der Waals surface area contributed by atoms with Gasteiger partial charge in [-0.3, -0.25) is 0 Å². The Morgan fingerprint density at radius 1 is 1.17 bits per heavy atom. The van der Waals surface area contributed by atoms with E-state index in [-0.39, 0.29) is 0 Å². The Morgan fingerprint density at radius 3 is 2.65 bits per heavy atom. The minimum Gasteiger partial charge on any atom is -0.492 e. The van der Waals surface area contributed by atoms with Gasteiger partial charge >= 0.3 is 0 Å². The van der Waals surface area contributed by atoms with Crippen LogP contribution in [0.1, 0.15) is 12.5 Å². The van der Waals surface area contributed by atoms with Crippen molar-refractivity contribution in [1.82, 2.24) is 15.5 Å². The molecule has 0 aliphatic heterocycles. The van der Waals surface area contributed by atoms with Crippen molar-refractivity contribution in [3.63, 3.8) is 0 Å². The lowest BCUT2D eigenvalue weighted by atomic mass is 10.2. The molecule has 0 heterocycles. The Hall–Kier alpha value is -1.79. The van der Waals surface area contributed by atoms with Crippen LogP contribution < -0.4 is 15.4 Å². The lowest BCUT2D eigenvalue weighted by Gasteiger charge is -2.14. The average Bonchev–Trinajstić information content (AvgIpc) is 2.53. The molecule has 0 unspecified atom stereocenters. The lowest BCUT2D eigenvalue weighted by Crippen LogP contribution is -2.38. The van der Waals surface area contributed by atoms with Gasteiger partial charge in [-0.15, -0.1) is 0 Å². The molecule has 0 aliphatic carbocycles. The molecule has 0 saturated heterocycles. The van der Waals surface area contributed by atoms with Gasteiger partial charge in [-0.25, -0.2) is 4.99 Å². The Bertz CT molecular complexity index is 464. The molecule has 2 N–H and O–H groups in total. The number of aliphatic imine (C=N–C) groups is 1. The number of hydrogen-bond acceptors (Lipinski definition) is 4. The van der Waals surface area contributed by atoms with E-state index in [9.17, 15) is 0 Å². The van der Waals surface area contributed by atoms with Gasteiger partial charge in [-0.05, 0) is 27.1 Å². The SMILES string of the molecule is CCNC(=NCc1ccccc1OCCN(C)C)NCCOC. The van der Waals surface area contributed by atoms with Crippen LogP contribution in [-0.2, 0) is 11.3 Å². The molecule has 0 saturated carbocycles. The molecule has 0 aromatic heterocycles. The Balaban J connectivity index is 2.63. The van der Waals surface area contributed by atoms with E-state index >= 15 is 0 Å². The first-order chi connectivity index (χ1) is 11.2. The van der Waals surface area contributed by atoms with E-state index < -0.39 is 0 Å². The summed E-state index contributed by atoms with van der Waals surface area (Å²) in [4.78, 5) is 6.71. The van der Waals surface area contributed by atoms with E-state index in [1.54, 1.807) is 7.11 Å². The summed E-state index contributed by atoms with van der Waals surface area (Å²) >= 11 is 0. The molecule has 0 bridgehead atoms. The van der Waals surface area contributed by atoms with Crippen LogP contribution in [0.3, 0.4) is 0 Å². The Labute approximate surface area is 139 Å². The van der Waals surface area contributed by atoms with Gasteiger partial charge in [0.15, 0.2) is 5.96 Å². The standard InChI is InChI=1S/C17H30N4O2/c1-5-18-17(19-10-12-22-4)20-14-15-8-6-7-9-16(15)23-13-11-21(2)3/h6-9H,5,10-14H2,1-4H3,(H2,18,19,20). The Morgan fingerprint density at radius 2 is 1.96 bits per heavy atom. The fourth-order valence-electron chi connectivity index (χ4n) is 1.89. The van der Waals surface area contributed by atoms with Crippen LogP contribution in [0, 0.1) is 0 Å². The van der Waals surface area contributed by atoms with Gasteiger partial charge in [0.2, 0.25) is 0 Å². The number of methoxy groups -OCH3 is 1. The number of likely N-dealkylation sites (N-methyl/N-ethyl adjacent to an activating group) is 1. The zero-order chi connectivity index (χ0) is 16.9. The maximum Gasteiger partial charge on any atom is 0.191 e. The summed E-state index contributed by atoms with van der Waals surface area (Å²) in [6, 6.07) is 8.04. The largest absolute Gasteiger partial charge is 0.492 e. The van der Waals surface area contributed by atoms with E-state index in [1.807, 2.05) is 45.3 Å². The van der Waals surface area contributed by atoms with Crippen molar-refractivity contribution in [2.24, 2.45) is 4.99 Å². The fourth-order valence-corrected chi connectivity index (χ4v) is 1.89. The predicted octanol–water partition coefficient (Wildman–Crippen LogP) is 1.33. The molecule has 0 spiro atoms. The minimum absolute atomic E-state index is 0.570. The summed E-state index contributed by atoms with van der Waals surface area (Å²) in [7, 11) is 5.76. The summed E-state index contributed by atoms with van der Waals surface area (Å²) in [6.45, 7) is 6.36. The molecule has 0 radical (unpaired) electrons. The number of rotatable bonds is 10. The maximum atomic E-state index is 5.87. The van der Waals surface area contributed by atoms with Gasteiger partial charge in [0.05, 0.1) is 13.2 Å². The summed E-state index contributed by atoms with van der Waals surface area (Å²) in [5.74, 6) is 1.68. The van der Waals surface area contributed by atoms with Gasteiger partial charge in [-0.1, -0.05) is 18.2 Å². The van der Waals surface area contributed by atoms with Crippen LogP contribution in [-0.4, -0.2) is 64.9 Å². The molecular weight excluding hydrogens is 292 g/mol. The number of guanidine groups is 1. The van der Waals surface area contributed by atoms with Crippen molar-refractivity contribution in [3.05, 3.63) is 29.8 Å². The smallest absolute Gasteiger partial charge is 0.191 e. The van der Waals surface area contributed by atoms with E-state index in [2.05, 4.69) is 20.5 Å². The highest BCUT2D eigenvalue weighted by Crippen LogP contribution is 2.18. The highest BCUT2D eigenvalue weighted by atomic mass is 16.5. The van der Waals surface area contributed by atoms with Crippen LogP contribution in [0.4, 0.5) is 0 Å². The molecule has 23 heavy (non-hydrogen) atoms. The second kappa shape index (κ2) is 11.7. The van der Waals surface area contributed by atoms with Crippen molar-refractivity contribution in [2.75, 3.05) is 54.1 Å². The number of hydrogen-bond donors (Lipinski definition) is 2. The van der Waals surface area contributed by atoms with Gasteiger partial charge in [0.1, 0.15) is 12.4 Å². The van der Waals surface area contributed by atoms with Gasteiger partial charge in [0, 0.05) is 32.3 Å². The highest BCUT2D eigenvalue weighted by molar-refractivity contribution is 5.79. The number of nitrogens with one attached hydrogen (secondary N) is 2. The lowest BCUT2D eigenvalue weighted by molar-refractivity contribution is 0.203. The third kappa shape index (κ3) is 8.42. The first-order valence-electron chi connectivity index (χ1n) is 8.04. The maximum absolute atomic E-state index is 5.87. The molecule has 6 heteroatoms. The highest BCUT2D eigenvalue weighted by Gasteiger charge is 2.04. The summed E-state index contributed by atoms with van der Waals surface area (Å²) in [6.07, 6.45) is 0. The molecule has 0 aliphatic rings. The number of nitrogens with zero attached hydrogens (tertiary/aromatic N) is 2. The Kier molecular flexibility index (Phi) is 9.83. The monoisotopic (exact) mass is 322 g/mol. The number of benzene rings is 1. The van der Waals surface area contributed by atoms with Gasteiger partial charge in [-0.2, -0.15) is 0 Å². The normalized spacial score (nSPS) is 11.6. The van der Waals surface area contributed by atoms with Crippen LogP contribution in [0.25, 0.3) is 0 Å². The van der Waals surface area contributed by atoms with Crippen molar-refractivity contribution < 1.29 is 9.47 Å². The molecule has 1 aromatic carbocycles. The molecule has 130 valence electrons. The summed E-state index contributed by atoms with van der Waals surface area (Å²) < 4.78 is 10.9. The zero-order valence-corrected chi connectivity index (χ0v) is 14.8. The molecule has 0 fully saturated rings. The van der Waals surface area contributed by atoms with Gasteiger partial charge < -0.3 is 25.0 Å². The van der Waals surface area contributed by atoms with Crippen molar-refractivity contribution >= 4 is 5.96 Å². The quantitative estimate of drug-likeness (QED) is 0.387. The van der Waals surface area contributed by atoms with E-state index in [4.69, 9.17) is 9.47 Å². The molecule has 1 rings (SSSR count). The van der Waals surface area contributed by atoms with Gasteiger partial charge in [0.25, 0.3) is 0 Å². The van der Waals surface area contributed by atoms with Crippen LogP contribution in [0.15, 0.2) is 29.3 Å². The van der Waals surface area contributed by atoms with Crippen molar-refractivity contribution in [2.45, 2.75) is 13.5 Å². The van der Waals surface area contributed by atoms with Crippen LogP contribution in [0.2, 0.25) is 0 Å². The molecule has 0 amide bonds. The van der Waals surface area contributed by atoms with Crippen LogP contribution >= 0.6 is 0 Å². The first-order valence-corrected chi connectivity index (χ1v) is 8.04. The second-order valence-corrected chi connectivity index (χ2v) is 5.37. The topological polar surface area (TPSA) is 58.1 Å². The predicted molar refractivity (Wildman–Crippen MR) is 95.2 cm³/mol. The van der Waals surface area contributed by atoms with Crippen molar-refractivity contribution in [1.29, 1.82) is 0 Å². The molecular formula is C17H30N4O2. The average molecular weight is 322 g/mol. The molecule has 1 aromatic rings. The first kappa shape index (κ1) is 19.3. The van der Waals surface area contributed by atoms with E-state index in [0.29, 0.717) is 19.8 Å². The minimum atomic E-state index is 0.570. The number of para-hydroxylation sites is 1. The third-order valence-electron chi connectivity index (χ3n) is 3.12.